The van der Waals surface area contributed by atoms with Crippen molar-refractivity contribution < 1.29 is 84.2 Å². The first-order valence-electron chi connectivity index (χ1n) is 24.8. The minimum absolute atomic E-state index is 0. The Bertz CT molecular complexity index is 2490. The van der Waals surface area contributed by atoms with Crippen LogP contribution in [0.2, 0.25) is 0 Å². The monoisotopic (exact) mass is 1330 g/mol. The Labute approximate surface area is 481 Å². The molecule has 8 heterocycles. The van der Waals surface area contributed by atoms with Gasteiger partial charge in [0.1, 0.15) is 22.8 Å². The Morgan fingerprint density at radius 3 is 1.32 bits per heavy atom. The van der Waals surface area contributed by atoms with Crippen LogP contribution in [-0.2, 0) is 46.1 Å². The van der Waals surface area contributed by atoms with E-state index in [1.807, 2.05) is 7.05 Å². The first-order chi connectivity index (χ1) is 36.1. The summed E-state index contributed by atoms with van der Waals surface area (Å²) < 4.78 is 32.8. The van der Waals surface area contributed by atoms with Crippen molar-refractivity contribution in [3.63, 3.8) is 0 Å². The van der Waals surface area contributed by atoms with E-state index in [1.54, 1.807) is 45.3 Å². The van der Waals surface area contributed by atoms with Gasteiger partial charge >= 0.3 is 5.97 Å². The number of amides is 3. The van der Waals surface area contributed by atoms with Crippen LogP contribution < -0.4 is 21.7 Å². The third kappa shape index (κ3) is 21.5. The van der Waals surface area contributed by atoms with Gasteiger partial charge in [-0.2, -0.15) is 0 Å². The van der Waals surface area contributed by atoms with Crippen LogP contribution in [0.15, 0.2) is 49.1 Å². The minimum Gasteiger partial charge on any atom is -0.477 e. The molecule has 0 spiro atoms. The van der Waals surface area contributed by atoms with E-state index in [9.17, 15) is 39.4 Å². The molecule has 0 saturated carbocycles. The summed E-state index contributed by atoms with van der Waals surface area (Å²) in [7, 11) is 7.29. The average Bonchev–Trinajstić information content (AvgIpc) is 4.22. The number of hydrogen-bond donors (Lipinski definition) is 5. The summed E-state index contributed by atoms with van der Waals surface area (Å²) in [6.07, 6.45) is 6.03. The molecule has 6 N–H and O–H groups in total. The Kier molecular flexibility index (Phi) is 29.6. The Morgan fingerprint density at radius 1 is 0.584 bits per heavy atom. The normalized spacial score (nSPS) is 16.1. The summed E-state index contributed by atoms with van der Waals surface area (Å²) >= 11 is 0. The van der Waals surface area contributed by atoms with Crippen LogP contribution in [0.5, 0.6) is 0 Å². The van der Waals surface area contributed by atoms with Gasteiger partial charge < -0.3 is 64.0 Å². The van der Waals surface area contributed by atoms with E-state index in [0.29, 0.717) is 102 Å². The number of aryl methyl sites for hydroxylation is 2. The van der Waals surface area contributed by atoms with E-state index >= 15 is 0 Å². The first kappa shape index (κ1) is 66.0. The zero-order valence-corrected chi connectivity index (χ0v) is 48.0. The van der Waals surface area contributed by atoms with Gasteiger partial charge in [0.15, 0.2) is 0 Å². The van der Waals surface area contributed by atoms with Crippen LogP contribution in [0.3, 0.4) is 0 Å². The molecule has 8 rings (SSSR count). The Morgan fingerprint density at radius 2 is 0.948 bits per heavy atom. The number of carboxylic acid groups (broad SMARTS) is 1. The van der Waals surface area contributed by atoms with Gasteiger partial charge in [-0.25, -0.2) is 4.79 Å². The number of aromatic nitrogens is 4. The second-order valence-corrected chi connectivity index (χ2v) is 17.6. The second kappa shape index (κ2) is 34.5. The van der Waals surface area contributed by atoms with Gasteiger partial charge in [0, 0.05) is 183 Å². The minimum atomic E-state index is -1.16. The molecule has 0 bridgehead atoms. The van der Waals surface area contributed by atoms with Gasteiger partial charge in [-0.05, 0) is 13.5 Å². The summed E-state index contributed by atoms with van der Waals surface area (Å²) in [6.45, 7) is 17.2. The van der Waals surface area contributed by atoms with Crippen molar-refractivity contribution in [2.24, 2.45) is 14.1 Å². The van der Waals surface area contributed by atoms with E-state index in [-0.39, 0.29) is 85.5 Å². The largest absolute Gasteiger partial charge is 0.477 e. The van der Waals surface area contributed by atoms with Gasteiger partial charge in [-0.1, -0.05) is 7.43 Å². The molecular weight excluding hydrogens is 1250 g/mol. The number of halogens is 1. The average molecular weight is 1330 g/mol. The molecule has 0 unspecified atom stereocenters. The van der Waals surface area contributed by atoms with Gasteiger partial charge in [-0.15, -0.1) is 12.4 Å². The van der Waals surface area contributed by atoms with Gasteiger partial charge in [-0.3, -0.25) is 54.2 Å². The van der Waals surface area contributed by atoms with Crippen molar-refractivity contribution in [1.82, 2.24) is 48.5 Å². The van der Waals surface area contributed by atoms with E-state index in [2.05, 4.69) is 43.9 Å². The molecule has 2 radical (unpaired) electrons. The quantitative estimate of drug-likeness (QED) is 0.0495. The molecule has 77 heavy (non-hydrogen) atoms. The number of nitrogens with two attached hydrogens (primary N) is 1. The first-order valence-corrected chi connectivity index (χ1v) is 24.2. The number of carbonyl (C=O) groups excluding carboxylic acids is 3. The van der Waals surface area contributed by atoms with E-state index in [1.165, 1.54) is 23.0 Å². The molecule has 424 valence electrons. The molecule has 0 aromatic carbocycles. The summed E-state index contributed by atoms with van der Waals surface area (Å²) in [6, 6.07) is 5.64. The molecule has 4 aromatic heterocycles. The predicted molar refractivity (Wildman–Crippen MR) is 287 cm³/mol. The number of nitrogen functional groups attached to an aromatic ring is 1. The third-order valence-electron chi connectivity index (χ3n) is 12.5. The molecule has 0 atom stereocenters. The Hall–Kier alpha value is -5.31. The SMILES string of the molecule is C.Cl.Cn1cc(N)cc1C(=O)NCCN1CCOCC1.Cn1cc(NC(=O)c2cc([N+](=O)[O-])cn2CCN2CCOCC2)cc1C(=O)NCCN1CCOCC1.O=C(O)c1cc([N+](=O)[O-])cn1CCN1CCOCC1.[3H][B].[U]. The summed E-state index contributed by atoms with van der Waals surface area (Å²) in [5.74, 6) is -1.96. The topological polar surface area (TPSA) is 306 Å². The van der Waals surface area contributed by atoms with Crippen molar-refractivity contribution in [2.75, 3.05) is 156 Å². The van der Waals surface area contributed by atoms with Crippen molar-refractivity contribution in [3.8, 4) is 0 Å². The summed E-state index contributed by atoms with van der Waals surface area (Å²) in [5, 5.41) is 39.6. The zero-order valence-electron chi connectivity index (χ0n) is 44.0. The number of carbonyl (C=O) groups is 4. The molecule has 4 aliphatic heterocycles. The molecule has 4 aromatic rings. The number of morpholine rings is 4. The fourth-order valence-corrected chi connectivity index (χ4v) is 8.43. The maximum Gasteiger partial charge on any atom is 0.352 e. The van der Waals surface area contributed by atoms with E-state index < -0.39 is 21.7 Å². The van der Waals surface area contributed by atoms with Crippen LogP contribution >= 0.6 is 12.4 Å². The zero-order chi connectivity index (χ0) is 54.3. The number of anilines is 2. The number of ether oxygens (including phenoxy) is 4. The maximum absolute atomic E-state index is 13.0. The van der Waals surface area contributed by atoms with Gasteiger partial charge in [0.05, 0.1) is 86.5 Å². The Balaban J connectivity index is 0.000000421. The van der Waals surface area contributed by atoms with Gasteiger partial charge in [0.2, 0.25) is 0 Å². The predicted octanol–water partition coefficient (Wildman–Crippen LogP) is 0.887. The molecule has 3 amide bonds. The number of hydrogen-bond acceptors (Lipinski definition) is 17. The number of rotatable bonds is 19. The second-order valence-electron chi connectivity index (χ2n) is 17.6. The molecule has 27 nitrogen and oxygen atoms in total. The van der Waals surface area contributed by atoms with Crippen LogP contribution in [0, 0.1) is 51.3 Å². The molecule has 30 heteroatoms. The maximum atomic E-state index is 13.0. The number of nitro groups is 2. The molecule has 4 fully saturated rings. The molecule has 4 aliphatic rings. The van der Waals surface area contributed by atoms with Crippen LogP contribution in [0.25, 0.3) is 0 Å². The van der Waals surface area contributed by atoms with Crippen molar-refractivity contribution in [2.45, 2.75) is 20.5 Å². The van der Waals surface area contributed by atoms with Crippen molar-refractivity contribution in [1.29, 1.82) is 1.34 Å². The third-order valence-corrected chi connectivity index (χ3v) is 12.5. The van der Waals surface area contributed by atoms with Crippen molar-refractivity contribution in [3.05, 3.63) is 92.1 Å². The molecular formula is C47H74BClN14O13U. The van der Waals surface area contributed by atoms with Crippen LogP contribution in [-0.4, -0.2) is 231 Å². The number of nitrogens with one attached hydrogen (secondary N) is 3. The van der Waals surface area contributed by atoms with Crippen LogP contribution in [0.4, 0.5) is 22.7 Å². The standard InChI is InChI=1S/C23H33N7O6.C12H20N4O2.C11H15N3O5.CH4.BH.ClH.U/c1-26-16-18(14-20(26)22(31)24-2-3-27-6-10-35-11-7-27)25-23(32)21-15-19(30(33)34)17-29(21)5-4-28-8-12-36-13-9-28;1-15-9-10(13)8-11(15)12(17)14-2-3-16-4-6-18-7-5-16;15-11(16)10-7-9(14(17)18)8-13(10)2-1-12-3-5-19-6-4-12;;;;/h14-17H,2-13H2,1H3,(H,24,31)(H,25,32);8-9H,2-7,13H2,1H3,(H,14,17);7-8H,1-6H2,(H,15,16);1H4;2*1H;/i;;;;1T;;. The van der Waals surface area contributed by atoms with Crippen molar-refractivity contribution >= 4 is 67.2 Å². The molecule has 0 aliphatic carbocycles. The number of carboxylic acids is 1. The van der Waals surface area contributed by atoms with E-state index in [4.69, 9.17) is 31.1 Å². The summed E-state index contributed by atoms with van der Waals surface area (Å²) in [5.41, 5.74) is 7.47. The number of nitrogens with zero attached hydrogens (tertiary/aromatic N) is 10. The summed E-state index contributed by atoms with van der Waals surface area (Å²) in [4.78, 5) is 78.4. The number of aromatic carboxylic acids is 1. The smallest absolute Gasteiger partial charge is 0.352 e. The fraction of sp³-hybridized carbons (Fsp3) is 0.574. The molecule has 4 saturated heterocycles. The van der Waals surface area contributed by atoms with Crippen LogP contribution in [0.1, 0.15) is 49.4 Å². The fourth-order valence-electron chi connectivity index (χ4n) is 8.43. The van der Waals surface area contributed by atoms with E-state index in [0.717, 1.165) is 84.7 Å². The van der Waals surface area contributed by atoms with Gasteiger partial charge in [0.25, 0.3) is 29.1 Å².